The third-order valence-corrected chi connectivity index (χ3v) is 9.92. The molecule has 5 heteroatoms. The van der Waals surface area contributed by atoms with Gasteiger partial charge >= 0.3 is 0 Å². The fourth-order valence-corrected chi connectivity index (χ4v) is 7.84. The Kier molecular flexibility index (Phi) is 8.87. The van der Waals surface area contributed by atoms with E-state index >= 15 is 4.79 Å². The monoisotopic (exact) mass is 552 g/mol. The minimum absolute atomic E-state index is 0.0295. The second kappa shape index (κ2) is 10.9. The summed E-state index contributed by atoms with van der Waals surface area (Å²) in [7, 11) is 0. The minimum atomic E-state index is -2.22. The number of ether oxygens (including phenoxy) is 1. The van der Waals surface area contributed by atoms with E-state index in [2.05, 4.69) is 12.2 Å². The first-order valence-corrected chi connectivity index (χ1v) is 15.0. The topological polar surface area (TPSA) is 80.7 Å². The molecule has 40 heavy (non-hydrogen) atoms. The number of hydrogen-bond donors (Lipinski definition) is 1. The molecule has 2 heterocycles. The van der Waals surface area contributed by atoms with E-state index in [9.17, 15) is 14.7 Å². The number of rotatable bonds is 11. The second-order valence-corrected chi connectivity index (χ2v) is 14.2. The van der Waals surface area contributed by atoms with Gasteiger partial charge in [-0.1, -0.05) is 67.4 Å². The lowest BCUT2D eigenvalue weighted by atomic mass is 9.35. The SMILES string of the molecule is CC(C)=CCC[C@]1(C)[C@@H](CC=C(C)C)C[C@]2(CC=C(C)C)C(=O)[C@]3(CC=C(C)C)O[C@]2(O)[C@@]1(C(=O)C(C)C)C3=O. The normalized spacial score (nSPS) is 36.0. The van der Waals surface area contributed by atoms with Crippen molar-refractivity contribution in [3.63, 3.8) is 0 Å². The summed E-state index contributed by atoms with van der Waals surface area (Å²) in [5, 5.41) is 13.0. The molecule has 0 spiro atoms. The highest BCUT2D eigenvalue weighted by Gasteiger charge is 2.94. The number of allylic oxidation sites excluding steroid dienone is 7. The largest absolute Gasteiger partial charge is 0.363 e. The molecule has 2 saturated heterocycles. The van der Waals surface area contributed by atoms with Gasteiger partial charge < -0.3 is 9.84 Å². The summed E-state index contributed by atoms with van der Waals surface area (Å²) in [6.45, 7) is 21.5. The highest BCUT2D eigenvalue weighted by Crippen LogP contribution is 2.78. The second-order valence-electron chi connectivity index (χ2n) is 14.2. The molecule has 0 aromatic heterocycles. The van der Waals surface area contributed by atoms with Crippen molar-refractivity contribution in [1.29, 1.82) is 0 Å². The summed E-state index contributed by atoms with van der Waals surface area (Å²) < 4.78 is 6.53. The van der Waals surface area contributed by atoms with Gasteiger partial charge in [-0.15, -0.1) is 0 Å². The first-order chi connectivity index (χ1) is 18.4. The fraction of sp³-hybridized carbons (Fsp3) is 0.686. The molecule has 0 aromatic rings. The van der Waals surface area contributed by atoms with Crippen LogP contribution in [0.25, 0.3) is 0 Å². The van der Waals surface area contributed by atoms with E-state index in [1.165, 1.54) is 0 Å². The number of fused-ring (bicyclic) bond motifs is 1. The Hall–Kier alpha value is -2.11. The van der Waals surface area contributed by atoms with Crippen LogP contribution in [0.4, 0.5) is 0 Å². The van der Waals surface area contributed by atoms with Crippen molar-refractivity contribution in [1.82, 2.24) is 0 Å². The predicted molar refractivity (Wildman–Crippen MR) is 161 cm³/mol. The zero-order valence-electron chi connectivity index (χ0n) is 26.8. The zero-order valence-corrected chi connectivity index (χ0v) is 26.8. The van der Waals surface area contributed by atoms with Gasteiger partial charge in [0.1, 0.15) is 0 Å². The number of hydrogen-bond acceptors (Lipinski definition) is 5. The third-order valence-electron chi connectivity index (χ3n) is 9.92. The molecule has 1 aliphatic carbocycles. The summed E-state index contributed by atoms with van der Waals surface area (Å²) >= 11 is 0. The van der Waals surface area contributed by atoms with Gasteiger partial charge in [-0.05, 0) is 98.8 Å². The average Bonchev–Trinajstić information content (AvgIpc) is 3.17. The molecule has 2 aliphatic heterocycles. The molecule has 0 amide bonds. The molecule has 0 aromatic carbocycles. The van der Waals surface area contributed by atoms with Crippen molar-refractivity contribution in [2.45, 2.75) is 126 Å². The lowest BCUT2D eigenvalue weighted by molar-refractivity contribution is -0.317. The van der Waals surface area contributed by atoms with Gasteiger partial charge in [0.15, 0.2) is 28.4 Å². The molecule has 0 radical (unpaired) electrons. The number of ketones is 3. The summed E-state index contributed by atoms with van der Waals surface area (Å²) in [4.78, 5) is 44.5. The van der Waals surface area contributed by atoms with Crippen LogP contribution in [0, 0.1) is 28.1 Å². The van der Waals surface area contributed by atoms with Gasteiger partial charge in [0.2, 0.25) is 5.79 Å². The Balaban J connectivity index is 2.48. The highest BCUT2D eigenvalue weighted by atomic mass is 16.7. The molecular weight excluding hydrogens is 500 g/mol. The van der Waals surface area contributed by atoms with E-state index < -0.39 is 39.3 Å². The van der Waals surface area contributed by atoms with E-state index in [4.69, 9.17) is 4.74 Å². The summed E-state index contributed by atoms with van der Waals surface area (Å²) in [5.74, 6) is -4.13. The summed E-state index contributed by atoms with van der Waals surface area (Å²) in [5.41, 5.74) is -1.80. The molecular formula is C35H52O5. The molecule has 1 saturated carbocycles. The first kappa shape index (κ1) is 32.4. The van der Waals surface area contributed by atoms with Gasteiger partial charge in [0.05, 0.1) is 5.41 Å². The van der Waals surface area contributed by atoms with Gasteiger partial charge in [0.25, 0.3) is 0 Å². The molecule has 0 unspecified atom stereocenters. The van der Waals surface area contributed by atoms with Crippen molar-refractivity contribution in [3.05, 3.63) is 46.6 Å². The van der Waals surface area contributed by atoms with Crippen LogP contribution in [-0.2, 0) is 19.1 Å². The lowest BCUT2D eigenvalue weighted by Crippen LogP contribution is -2.78. The minimum Gasteiger partial charge on any atom is -0.363 e. The Bertz CT molecular complexity index is 1180. The number of aliphatic hydroxyl groups is 1. The molecule has 222 valence electrons. The molecule has 2 bridgehead atoms. The van der Waals surface area contributed by atoms with Crippen LogP contribution < -0.4 is 0 Å². The van der Waals surface area contributed by atoms with Crippen LogP contribution in [0.2, 0.25) is 0 Å². The van der Waals surface area contributed by atoms with Gasteiger partial charge in [-0.3, -0.25) is 14.4 Å². The predicted octanol–water partition coefficient (Wildman–Crippen LogP) is 7.64. The van der Waals surface area contributed by atoms with Crippen LogP contribution >= 0.6 is 0 Å². The first-order valence-electron chi connectivity index (χ1n) is 15.0. The van der Waals surface area contributed by atoms with E-state index in [1.54, 1.807) is 13.8 Å². The maximum Gasteiger partial charge on any atom is 0.201 e. The van der Waals surface area contributed by atoms with Crippen LogP contribution in [-0.4, -0.2) is 33.8 Å². The molecule has 5 nitrogen and oxygen atoms in total. The van der Waals surface area contributed by atoms with E-state index in [0.29, 0.717) is 25.7 Å². The van der Waals surface area contributed by atoms with Crippen molar-refractivity contribution >= 4 is 17.3 Å². The maximum atomic E-state index is 15.1. The maximum absolute atomic E-state index is 15.1. The Morgan fingerprint density at radius 2 is 1.40 bits per heavy atom. The van der Waals surface area contributed by atoms with Crippen molar-refractivity contribution in [3.8, 4) is 0 Å². The molecule has 1 N–H and O–H groups in total. The number of carbonyl (C=O) groups is 3. The quantitative estimate of drug-likeness (QED) is 0.210. The van der Waals surface area contributed by atoms with Gasteiger partial charge in [-0.25, -0.2) is 0 Å². The smallest absolute Gasteiger partial charge is 0.201 e. The lowest BCUT2D eigenvalue weighted by Gasteiger charge is -2.64. The van der Waals surface area contributed by atoms with Crippen LogP contribution in [0.15, 0.2) is 46.6 Å². The van der Waals surface area contributed by atoms with Crippen LogP contribution in [0.5, 0.6) is 0 Å². The summed E-state index contributed by atoms with van der Waals surface area (Å²) in [6, 6.07) is 0. The van der Waals surface area contributed by atoms with Crippen molar-refractivity contribution in [2.75, 3.05) is 0 Å². The zero-order chi connectivity index (χ0) is 30.5. The summed E-state index contributed by atoms with van der Waals surface area (Å²) in [6.07, 6.45) is 10.5. The molecule has 3 fully saturated rings. The molecule has 6 atom stereocenters. The number of carbonyl (C=O) groups excluding carboxylic acids is 3. The van der Waals surface area contributed by atoms with Crippen molar-refractivity contribution in [2.24, 2.45) is 28.1 Å². The Morgan fingerprint density at radius 3 is 1.90 bits per heavy atom. The third kappa shape index (κ3) is 4.38. The van der Waals surface area contributed by atoms with Gasteiger partial charge in [-0.2, -0.15) is 0 Å². The Morgan fingerprint density at radius 1 is 0.875 bits per heavy atom. The highest BCUT2D eigenvalue weighted by molar-refractivity contribution is 6.28. The van der Waals surface area contributed by atoms with E-state index in [-0.39, 0.29) is 30.3 Å². The van der Waals surface area contributed by atoms with Crippen molar-refractivity contribution < 1.29 is 24.2 Å². The van der Waals surface area contributed by atoms with Crippen LogP contribution in [0.3, 0.4) is 0 Å². The fourth-order valence-electron chi connectivity index (χ4n) is 7.84. The Labute approximate surface area is 242 Å². The molecule has 3 rings (SSSR count). The van der Waals surface area contributed by atoms with Gasteiger partial charge in [0, 0.05) is 12.3 Å². The van der Waals surface area contributed by atoms with Crippen LogP contribution in [0.1, 0.15) is 115 Å². The van der Waals surface area contributed by atoms with E-state index in [0.717, 1.165) is 22.3 Å². The average molecular weight is 553 g/mol. The van der Waals surface area contributed by atoms with E-state index in [1.807, 2.05) is 74.5 Å². The standard InChI is InChI=1S/C35H52O5/c1-22(2)13-12-18-31(11)27(15-14-23(3)4)21-32(19-16-24(5)6)29(37)33(20-17-25(7)8)30(38)34(31,28(36)26(9)10)35(32,39)40-33/h13-14,16-17,26-27,39H,12,15,18-21H2,1-11H3/t27-,31+,32+,33-,34-,35-/m0/s1. The number of Topliss-reactive ketones (excluding diaryl/α,β-unsaturated/α-hetero) is 3. The molecule has 3 aliphatic rings.